The van der Waals surface area contributed by atoms with Crippen molar-refractivity contribution >= 4 is 20.2 Å². The molecular weight excluding hydrogens is 567 g/mol. The largest absolute Gasteiger partial charge is 0.496 e. The van der Waals surface area contributed by atoms with Crippen LogP contribution in [-0.4, -0.2) is 57.0 Å². The van der Waals surface area contributed by atoms with Gasteiger partial charge in [0.2, 0.25) is 0 Å². The van der Waals surface area contributed by atoms with Gasteiger partial charge in [-0.25, -0.2) is 4.39 Å². The van der Waals surface area contributed by atoms with Gasteiger partial charge in [0.15, 0.2) is 29.9 Å². The molecule has 40 heavy (non-hydrogen) atoms. The molecule has 3 aromatic rings. The standard InChI is InChI=1S/C27H31FO10S2/c1-6-7-14-35-23-13-10-19(15-22(23)28)25-24(34-3)16-21(18-8-11-20(12-9-18)37-39(4,29)30)26(36-17-33-2)27(25)38-40(5,31)32/h8-13,15-16H,6-7,14,17H2,1-5H3. The minimum absolute atomic E-state index is 0.0384. The summed E-state index contributed by atoms with van der Waals surface area (Å²) in [6.45, 7) is 2.05. The Morgan fingerprint density at radius 2 is 1.43 bits per heavy atom. The molecule has 0 aliphatic carbocycles. The zero-order valence-corrected chi connectivity index (χ0v) is 24.4. The second-order valence-corrected chi connectivity index (χ2v) is 11.8. The van der Waals surface area contributed by atoms with Crippen molar-refractivity contribution in [1.82, 2.24) is 0 Å². The van der Waals surface area contributed by atoms with Crippen molar-refractivity contribution in [2.24, 2.45) is 0 Å². The van der Waals surface area contributed by atoms with Gasteiger partial charge >= 0.3 is 20.2 Å². The molecule has 0 heterocycles. The second-order valence-electron chi connectivity index (χ2n) is 8.66. The van der Waals surface area contributed by atoms with Crippen LogP contribution >= 0.6 is 0 Å². The van der Waals surface area contributed by atoms with E-state index in [4.69, 9.17) is 27.3 Å². The summed E-state index contributed by atoms with van der Waals surface area (Å²) in [5.74, 6) is -0.697. The number of ether oxygens (including phenoxy) is 4. The first-order valence-corrected chi connectivity index (χ1v) is 15.7. The van der Waals surface area contributed by atoms with Gasteiger partial charge in [0, 0.05) is 12.7 Å². The Kier molecular flexibility index (Phi) is 10.2. The number of rotatable bonds is 14. The lowest BCUT2D eigenvalue weighted by Crippen LogP contribution is -2.11. The molecule has 0 aromatic heterocycles. The minimum atomic E-state index is -4.12. The van der Waals surface area contributed by atoms with E-state index in [1.807, 2.05) is 6.92 Å². The van der Waals surface area contributed by atoms with Crippen LogP contribution in [0.5, 0.6) is 28.7 Å². The van der Waals surface area contributed by atoms with E-state index in [-0.39, 0.29) is 46.7 Å². The average molecular weight is 599 g/mol. The molecule has 0 spiro atoms. The molecule has 0 N–H and O–H groups in total. The van der Waals surface area contributed by atoms with Gasteiger partial charge in [-0.1, -0.05) is 31.5 Å². The van der Waals surface area contributed by atoms with Crippen molar-refractivity contribution in [3.63, 3.8) is 0 Å². The van der Waals surface area contributed by atoms with Gasteiger partial charge in [-0.3, -0.25) is 0 Å². The number of halogens is 1. The molecule has 0 saturated carbocycles. The summed E-state index contributed by atoms with van der Waals surface area (Å²) in [5, 5.41) is 0. The van der Waals surface area contributed by atoms with Crippen LogP contribution in [0.25, 0.3) is 22.3 Å². The summed E-state index contributed by atoms with van der Waals surface area (Å²) in [6, 6.07) is 11.7. The van der Waals surface area contributed by atoms with Crippen LogP contribution in [0, 0.1) is 5.82 Å². The van der Waals surface area contributed by atoms with Gasteiger partial charge in [0.05, 0.1) is 31.8 Å². The number of hydrogen-bond acceptors (Lipinski definition) is 10. The predicted molar refractivity (Wildman–Crippen MR) is 148 cm³/mol. The molecular formula is C27H31FO10S2. The highest BCUT2D eigenvalue weighted by Crippen LogP contribution is 2.51. The number of unbranched alkanes of at least 4 members (excludes halogenated alkanes) is 1. The Morgan fingerprint density at radius 3 is 1.98 bits per heavy atom. The predicted octanol–water partition coefficient (Wildman–Crippen LogP) is 5.01. The van der Waals surface area contributed by atoms with E-state index < -0.39 is 26.1 Å². The van der Waals surface area contributed by atoms with Crippen LogP contribution in [-0.2, 0) is 25.0 Å². The molecule has 0 aliphatic heterocycles. The van der Waals surface area contributed by atoms with Crippen molar-refractivity contribution in [1.29, 1.82) is 0 Å². The van der Waals surface area contributed by atoms with Crippen LogP contribution in [0.1, 0.15) is 19.8 Å². The fourth-order valence-electron chi connectivity index (χ4n) is 3.72. The molecule has 3 aromatic carbocycles. The first-order valence-electron chi connectivity index (χ1n) is 12.1. The monoisotopic (exact) mass is 598 g/mol. The van der Waals surface area contributed by atoms with Crippen LogP contribution in [0.2, 0.25) is 0 Å². The van der Waals surface area contributed by atoms with Crippen LogP contribution in [0.3, 0.4) is 0 Å². The van der Waals surface area contributed by atoms with Crippen molar-refractivity contribution in [2.45, 2.75) is 19.8 Å². The smallest absolute Gasteiger partial charge is 0.306 e. The number of hydrogen-bond donors (Lipinski definition) is 0. The van der Waals surface area contributed by atoms with E-state index in [1.165, 1.54) is 38.5 Å². The zero-order valence-electron chi connectivity index (χ0n) is 22.7. The van der Waals surface area contributed by atoms with Gasteiger partial charge in [-0.05, 0) is 47.9 Å². The summed E-state index contributed by atoms with van der Waals surface area (Å²) in [5.41, 5.74) is 1.14. The Labute approximate surface area is 233 Å². The molecule has 0 unspecified atom stereocenters. The van der Waals surface area contributed by atoms with Crippen molar-refractivity contribution < 1.29 is 48.5 Å². The van der Waals surface area contributed by atoms with Crippen molar-refractivity contribution in [2.75, 3.05) is 40.1 Å². The summed E-state index contributed by atoms with van der Waals surface area (Å²) in [6.07, 6.45) is 3.42. The Hall–Kier alpha value is -3.55. The highest BCUT2D eigenvalue weighted by molar-refractivity contribution is 7.86. The lowest BCUT2D eigenvalue weighted by molar-refractivity contribution is 0.0503. The molecule has 13 heteroatoms. The molecule has 0 saturated heterocycles. The normalized spacial score (nSPS) is 11.7. The van der Waals surface area contributed by atoms with Crippen molar-refractivity contribution in [3.05, 3.63) is 54.3 Å². The Bertz CT molecular complexity index is 1540. The third-order valence-corrected chi connectivity index (χ3v) is 6.33. The van der Waals surface area contributed by atoms with Gasteiger partial charge in [-0.15, -0.1) is 0 Å². The SMILES string of the molecule is CCCCOc1ccc(-c2c(OC)cc(-c3ccc(OS(C)(=O)=O)cc3)c(OCOC)c2OS(C)(=O)=O)cc1F. The highest BCUT2D eigenvalue weighted by atomic mass is 32.2. The number of benzene rings is 3. The van der Waals surface area contributed by atoms with E-state index in [1.54, 1.807) is 24.3 Å². The molecule has 0 aliphatic rings. The maximum Gasteiger partial charge on any atom is 0.306 e. The lowest BCUT2D eigenvalue weighted by atomic mass is 9.96. The quantitative estimate of drug-likeness (QED) is 0.142. The molecule has 0 radical (unpaired) electrons. The molecule has 0 bridgehead atoms. The summed E-state index contributed by atoms with van der Waals surface area (Å²) in [7, 11) is -5.13. The Balaban J connectivity index is 2.26. The average Bonchev–Trinajstić information content (AvgIpc) is 2.87. The first-order chi connectivity index (χ1) is 18.9. The molecule has 10 nitrogen and oxygen atoms in total. The maximum atomic E-state index is 15.0. The van der Waals surface area contributed by atoms with E-state index in [0.717, 1.165) is 25.4 Å². The fraction of sp³-hybridized carbons (Fsp3) is 0.333. The third-order valence-electron chi connectivity index (χ3n) is 5.36. The molecule has 0 atom stereocenters. The maximum absolute atomic E-state index is 15.0. The minimum Gasteiger partial charge on any atom is -0.496 e. The van der Waals surface area contributed by atoms with Gasteiger partial charge in [0.25, 0.3) is 0 Å². The molecule has 218 valence electrons. The van der Waals surface area contributed by atoms with E-state index >= 15 is 4.39 Å². The van der Waals surface area contributed by atoms with Crippen LogP contribution < -0.4 is 22.6 Å². The first kappa shape index (κ1) is 31.0. The third kappa shape index (κ3) is 8.23. The molecule has 3 rings (SSSR count). The van der Waals surface area contributed by atoms with Gasteiger partial charge < -0.3 is 27.3 Å². The second kappa shape index (κ2) is 13.2. The summed E-state index contributed by atoms with van der Waals surface area (Å²) >= 11 is 0. The van der Waals surface area contributed by atoms with Crippen LogP contribution in [0.15, 0.2) is 48.5 Å². The lowest BCUT2D eigenvalue weighted by Gasteiger charge is -2.21. The van der Waals surface area contributed by atoms with Gasteiger partial charge in [0.1, 0.15) is 11.5 Å². The Morgan fingerprint density at radius 1 is 0.775 bits per heavy atom. The summed E-state index contributed by atoms with van der Waals surface area (Å²) < 4.78 is 95.1. The fourth-order valence-corrected chi connectivity index (χ4v) is 4.64. The summed E-state index contributed by atoms with van der Waals surface area (Å²) in [4.78, 5) is 0. The van der Waals surface area contributed by atoms with E-state index in [0.29, 0.717) is 17.7 Å². The molecule has 0 amide bonds. The topological polar surface area (TPSA) is 124 Å². The zero-order chi connectivity index (χ0) is 29.5. The van der Waals surface area contributed by atoms with Crippen molar-refractivity contribution in [3.8, 4) is 51.0 Å². The van der Waals surface area contributed by atoms with E-state index in [9.17, 15) is 16.8 Å². The van der Waals surface area contributed by atoms with Crippen LogP contribution in [0.4, 0.5) is 4.39 Å². The molecule has 0 fully saturated rings. The number of methoxy groups -OCH3 is 2. The van der Waals surface area contributed by atoms with Gasteiger partial charge in [-0.2, -0.15) is 16.8 Å². The van der Waals surface area contributed by atoms with E-state index in [2.05, 4.69) is 0 Å². The highest BCUT2D eigenvalue weighted by Gasteiger charge is 2.27.